The first kappa shape index (κ1) is 15.1. The number of pyridine rings is 1. The first-order valence-corrected chi connectivity index (χ1v) is 7.33. The maximum atomic E-state index is 11.6. The molecule has 1 aliphatic heterocycles. The number of amides is 1. The second-order valence-corrected chi connectivity index (χ2v) is 5.35. The van der Waals surface area contributed by atoms with Crippen LogP contribution in [0.1, 0.15) is 19.3 Å². The predicted molar refractivity (Wildman–Crippen MR) is 78.0 cm³/mol. The Labute approximate surface area is 124 Å². The zero-order valence-electron chi connectivity index (χ0n) is 11.4. The minimum atomic E-state index is 0.0876. The first-order chi connectivity index (χ1) is 9.74. The molecular weight excluding hydrogens is 278 g/mol. The van der Waals surface area contributed by atoms with Gasteiger partial charge in [0.05, 0.1) is 11.6 Å². The SMILES string of the molecule is O=C(CCC1CCNC1)NCCOc1ccc(Cl)cn1. The number of hydrogen-bond acceptors (Lipinski definition) is 4. The van der Waals surface area contributed by atoms with Crippen molar-refractivity contribution in [1.29, 1.82) is 0 Å². The van der Waals surface area contributed by atoms with Crippen molar-refractivity contribution in [3.8, 4) is 5.88 Å². The van der Waals surface area contributed by atoms with E-state index in [4.69, 9.17) is 16.3 Å². The molecule has 5 nitrogen and oxygen atoms in total. The van der Waals surface area contributed by atoms with E-state index in [1.807, 2.05) is 0 Å². The highest BCUT2D eigenvalue weighted by atomic mass is 35.5. The van der Waals surface area contributed by atoms with Crippen LogP contribution in [0.3, 0.4) is 0 Å². The molecule has 1 aromatic heterocycles. The third kappa shape index (κ3) is 5.35. The number of hydrogen-bond donors (Lipinski definition) is 2. The van der Waals surface area contributed by atoms with Crippen molar-refractivity contribution >= 4 is 17.5 Å². The first-order valence-electron chi connectivity index (χ1n) is 6.96. The predicted octanol–water partition coefficient (Wildman–Crippen LogP) is 1.62. The Bertz CT molecular complexity index is 419. The average Bonchev–Trinajstić information content (AvgIpc) is 2.96. The molecule has 1 atom stereocenters. The molecule has 0 radical (unpaired) electrons. The largest absolute Gasteiger partial charge is 0.476 e. The van der Waals surface area contributed by atoms with E-state index in [9.17, 15) is 4.79 Å². The van der Waals surface area contributed by atoms with Gasteiger partial charge in [0, 0.05) is 18.7 Å². The van der Waals surface area contributed by atoms with Gasteiger partial charge >= 0.3 is 0 Å². The Morgan fingerprint density at radius 2 is 2.45 bits per heavy atom. The molecule has 0 spiro atoms. The highest BCUT2D eigenvalue weighted by Gasteiger charge is 2.15. The van der Waals surface area contributed by atoms with Gasteiger partial charge in [-0.15, -0.1) is 0 Å². The number of aromatic nitrogens is 1. The number of nitrogens with zero attached hydrogens (tertiary/aromatic N) is 1. The topological polar surface area (TPSA) is 63.2 Å². The molecule has 1 amide bonds. The maximum Gasteiger partial charge on any atom is 0.220 e. The lowest BCUT2D eigenvalue weighted by Crippen LogP contribution is -2.28. The van der Waals surface area contributed by atoms with Gasteiger partial charge in [-0.1, -0.05) is 11.6 Å². The van der Waals surface area contributed by atoms with Crippen LogP contribution in [0, 0.1) is 5.92 Å². The van der Waals surface area contributed by atoms with Gasteiger partial charge < -0.3 is 15.4 Å². The molecule has 0 aliphatic carbocycles. The van der Waals surface area contributed by atoms with Crippen LogP contribution >= 0.6 is 11.6 Å². The van der Waals surface area contributed by atoms with Gasteiger partial charge in [-0.3, -0.25) is 4.79 Å². The monoisotopic (exact) mass is 297 g/mol. The van der Waals surface area contributed by atoms with E-state index < -0.39 is 0 Å². The third-order valence-corrected chi connectivity index (χ3v) is 3.54. The number of rotatable bonds is 7. The van der Waals surface area contributed by atoms with Gasteiger partial charge in [-0.2, -0.15) is 0 Å². The molecule has 0 aromatic carbocycles. The van der Waals surface area contributed by atoms with E-state index in [0.29, 0.717) is 36.4 Å². The van der Waals surface area contributed by atoms with Crippen molar-refractivity contribution in [1.82, 2.24) is 15.6 Å². The summed E-state index contributed by atoms with van der Waals surface area (Å²) in [6.07, 6.45) is 4.26. The Balaban J connectivity index is 1.53. The molecule has 2 N–H and O–H groups in total. The van der Waals surface area contributed by atoms with Gasteiger partial charge in [0.15, 0.2) is 0 Å². The molecule has 6 heteroatoms. The zero-order valence-corrected chi connectivity index (χ0v) is 12.2. The number of nitrogens with one attached hydrogen (secondary N) is 2. The maximum absolute atomic E-state index is 11.6. The third-order valence-electron chi connectivity index (χ3n) is 3.32. The van der Waals surface area contributed by atoms with Crippen LogP contribution in [0.25, 0.3) is 0 Å². The number of halogens is 1. The van der Waals surface area contributed by atoms with Gasteiger partial charge in [0.25, 0.3) is 0 Å². The summed E-state index contributed by atoms with van der Waals surface area (Å²) in [7, 11) is 0. The summed E-state index contributed by atoms with van der Waals surface area (Å²) in [6, 6.07) is 3.43. The molecule has 2 rings (SSSR count). The summed E-state index contributed by atoms with van der Waals surface area (Å²) < 4.78 is 5.39. The Hall–Kier alpha value is -1.33. The van der Waals surface area contributed by atoms with Gasteiger partial charge in [0.2, 0.25) is 11.8 Å². The van der Waals surface area contributed by atoms with E-state index in [-0.39, 0.29) is 5.91 Å². The van der Waals surface area contributed by atoms with Gasteiger partial charge in [-0.05, 0) is 37.9 Å². The lowest BCUT2D eigenvalue weighted by molar-refractivity contribution is -0.121. The summed E-state index contributed by atoms with van der Waals surface area (Å²) in [4.78, 5) is 15.6. The van der Waals surface area contributed by atoms with Crippen molar-refractivity contribution in [3.05, 3.63) is 23.4 Å². The van der Waals surface area contributed by atoms with Crippen LogP contribution in [-0.2, 0) is 4.79 Å². The smallest absolute Gasteiger partial charge is 0.220 e. The molecule has 0 saturated carbocycles. The van der Waals surface area contributed by atoms with Crippen LogP contribution in [0.15, 0.2) is 18.3 Å². The van der Waals surface area contributed by atoms with Gasteiger partial charge in [0.1, 0.15) is 6.61 Å². The lowest BCUT2D eigenvalue weighted by Gasteiger charge is -2.09. The molecule has 1 aliphatic rings. The second kappa shape index (κ2) is 8.07. The van der Waals surface area contributed by atoms with Crippen LogP contribution in [-0.4, -0.2) is 37.1 Å². The van der Waals surface area contributed by atoms with Crippen molar-refractivity contribution in [2.75, 3.05) is 26.2 Å². The van der Waals surface area contributed by atoms with E-state index in [0.717, 1.165) is 19.5 Å². The quantitative estimate of drug-likeness (QED) is 0.751. The zero-order chi connectivity index (χ0) is 14.2. The van der Waals surface area contributed by atoms with Crippen molar-refractivity contribution in [2.45, 2.75) is 19.3 Å². The van der Waals surface area contributed by atoms with E-state index in [1.165, 1.54) is 12.6 Å². The summed E-state index contributed by atoms with van der Waals surface area (Å²) in [5, 5.41) is 6.73. The molecule has 1 aromatic rings. The van der Waals surface area contributed by atoms with E-state index in [2.05, 4.69) is 15.6 Å². The minimum absolute atomic E-state index is 0.0876. The normalized spacial score (nSPS) is 17.9. The van der Waals surface area contributed by atoms with Crippen LogP contribution in [0.2, 0.25) is 5.02 Å². The fourth-order valence-corrected chi connectivity index (χ4v) is 2.29. The molecule has 20 heavy (non-hydrogen) atoms. The van der Waals surface area contributed by atoms with Crippen LogP contribution < -0.4 is 15.4 Å². The van der Waals surface area contributed by atoms with E-state index in [1.54, 1.807) is 12.1 Å². The molecule has 1 saturated heterocycles. The Morgan fingerprint density at radius 3 is 3.15 bits per heavy atom. The Kier molecular flexibility index (Phi) is 6.08. The highest BCUT2D eigenvalue weighted by molar-refractivity contribution is 6.30. The summed E-state index contributed by atoms with van der Waals surface area (Å²) in [5.41, 5.74) is 0. The molecule has 2 heterocycles. The number of ether oxygens (including phenoxy) is 1. The van der Waals surface area contributed by atoms with Crippen molar-refractivity contribution < 1.29 is 9.53 Å². The van der Waals surface area contributed by atoms with Crippen molar-refractivity contribution in [2.24, 2.45) is 5.92 Å². The molecule has 0 bridgehead atoms. The highest BCUT2D eigenvalue weighted by Crippen LogP contribution is 2.14. The number of carbonyl (C=O) groups is 1. The summed E-state index contributed by atoms with van der Waals surface area (Å²) in [5.74, 6) is 1.25. The molecular formula is C14H20ClN3O2. The van der Waals surface area contributed by atoms with Gasteiger partial charge in [-0.25, -0.2) is 4.98 Å². The Morgan fingerprint density at radius 1 is 1.55 bits per heavy atom. The number of carbonyl (C=O) groups excluding carboxylic acids is 1. The van der Waals surface area contributed by atoms with E-state index >= 15 is 0 Å². The lowest BCUT2D eigenvalue weighted by atomic mass is 10.0. The average molecular weight is 298 g/mol. The fraction of sp³-hybridized carbons (Fsp3) is 0.571. The van der Waals surface area contributed by atoms with Crippen molar-refractivity contribution in [3.63, 3.8) is 0 Å². The molecule has 1 fully saturated rings. The molecule has 1 unspecified atom stereocenters. The van der Waals surface area contributed by atoms with Crippen LogP contribution in [0.5, 0.6) is 5.88 Å². The summed E-state index contributed by atoms with van der Waals surface area (Å²) in [6.45, 7) is 3.02. The second-order valence-electron chi connectivity index (χ2n) is 4.91. The molecule has 110 valence electrons. The standard InChI is InChI=1S/C14H20ClN3O2/c15-12-2-4-14(18-10-12)20-8-7-17-13(19)3-1-11-5-6-16-9-11/h2,4,10-11,16H,1,3,5-9H2,(H,17,19). The summed E-state index contributed by atoms with van der Waals surface area (Å²) >= 11 is 5.72. The van der Waals surface area contributed by atoms with Crippen LogP contribution in [0.4, 0.5) is 0 Å². The fourth-order valence-electron chi connectivity index (χ4n) is 2.18. The minimum Gasteiger partial charge on any atom is -0.476 e.